The largest absolute Gasteiger partial charge is 0.294 e. The first-order valence-corrected chi connectivity index (χ1v) is 7.24. The molecule has 1 nitrogen and oxygen atoms in total. The third-order valence-electron chi connectivity index (χ3n) is 3.31. The van der Waals surface area contributed by atoms with Crippen LogP contribution in [-0.2, 0) is 0 Å². The minimum absolute atomic E-state index is 0.253. The fourth-order valence-corrected chi connectivity index (χ4v) is 2.32. The maximum Gasteiger partial charge on any atom is 0.163 e. The summed E-state index contributed by atoms with van der Waals surface area (Å²) in [6.07, 6.45) is 6.57. The number of hydrogen-bond donors (Lipinski definition) is 0. The molecule has 0 aromatic heterocycles. The first kappa shape index (κ1) is 15.2. The summed E-state index contributed by atoms with van der Waals surface area (Å²) in [5, 5.41) is 0.743. The van der Waals surface area contributed by atoms with E-state index in [1.54, 1.807) is 0 Å². The quantitative estimate of drug-likeness (QED) is 0.470. The molecule has 100 valence electrons. The highest BCUT2D eigenvalue weighted by Gasteiger charge is 2.10. The van der Waals surface area contributed by atoms with E-state index in [2.05, 4.69) is 6.92 Å². The third-order valence-corrected chi connectivity index (χ3v) is 3.72. The number of rotatable bonds is 7. The van der Waals surface area contributed by atoms with Crippen molar-refractivity contribution in [3.8, 4) is 0 Å². The minimum atomic E-state index is 0.253. The van der Waals surface area contributed by atoms with Gasteiger partial charge >= 0.3 is 0 Å². The van der Waals surface area contributed by atoms with Crippen LogP contribution in [-0.4, -0.2) is 5.78 Å². The number of benzene rings is 1. The van der Waals surface area contributed by atoms with Crippen LogP contribution in [0.3, 0.4) is 0 Å². The predicted molar refractivity (Wildman–Crippen MR) is 78.6 cm³/mol. The van der Waals surface area contributed by atoms with E-state index in [9.17, 15) is 4.79 Å². The van der Waals surface area contributed by atoms with Gasteiger partial charge in [0.25, 0.3) is 0 Å². The van der Waals surface area contributed by atoms with E-state index in [1.807, 2.05) is 26.0 Å². The van der Waals surface area contributed by atoms with Crippen LogP contribution in [0.4, 0.5) is 0 Å². The van der Waals surface area contributed by atoms with Crippen molar-refractivity contribution >= 4 is 17.4 Å². The van der Waals surface area contributed by atoms with Crippen molar-refractivity contribution in [1.29, 1.82) is 0 Å². The summed E-state index contributed by atoms with van der Waals surface area (Å²) in [5.74, 6) is 0.253. The van der Waals surface area contributed by atoms with E-state index in [4.69, 9.17) is 11.6 Å². The second-order valence-corrected chi connectivity index (χ2v) is 5.41. The fraction of sp³-hybridized carbons (Fsp3) is 0.562. The number of halogens is 1. The smallest absolute Gasteiger partial charge is 0.163 e. The highest BCUT2D eigenvalue weighted by molar-refractivity contribution is 6.31. The number of unbranched alkanes of at least 4 members (excludes halogenated alkanes) is 4. The summed E-state index contributed by atoms with van der Waals surface area (Å²) in [6.45, 7) is 6.10. The Morgan fingerprint density at radius 2 is 1.72 bits per heavy atom. The molecule has 0 aliphatic rings. The average Bonchev–Trinajstić information content (AvgIpc) is 2.33. The molecule has 0 bridgehead atoms. The molecule has 2 heteroatoms. The molecule has 0 N–H and O–H groups in total. The van der Waals surface area contributed by atoms with E-state index in [0.717, 1.165) is 34.6 Å². The lowest BCUT2D eigenvalue weighted by Crippen LogP contribution is -2.02. The van der Waals surface area contributed by atoms with Crippen LogP contribution in [0, 0.1) is 13.8 Å². The molecule has 1 rings (SSSR count). The number of carbonyl (C=O) groups is 1. The lowest BCUT2D eigenvalue weighted by atomic mass is 9.98. The maximum atomic E-state index is 12.1. The second-order valence-electron chi connectivity index (χ2n) is 5.00. The Balaban J connectivity index is 2.54. The zero-order chi connectivity index (χ0) is 13.5. The summed E-state index contributed by atoms with van der Waals surface area (Å²) < 4.78 is 0. The van der Waals surface area contributed by atoms with Gasteiger partial charge in [-0.3, -0.25) is 4.79 Å². The van der Waals surface area contributed by atoms with Crippen LogP contribution in [0.2, 0.25) is 5.02 Å². The molecule has 0 saturated heterocycles. The van der Waals surface area contributed by atoms with E-state index >= 15 is 0 Å². The van der Waals surface area contributed by atoms with Gasteiger partial charge in [0, 0.05) is 17.0 Å². The zero-order valence-corrected chi connectivity index (χ0v) is 12.4. The minimum Gasteiger partial charge on any atom is -0.294 e. The highest BCUT2D eigenvalue weighted by atomic mass is 35.5. The molecule has 18 heavy (non-hydrogen) atoms. The van der Waals surface area contributed by atoms with Gasteiger partial charge in [0.15, 0.2) is 5.78 Å². The highest BCUT2D eigenvalue weighted by Crippen LogP contribution is 2.22. The van der Waals surface area contributed by atoms with Gasteiger partial charge in [0.1, 0.15) is 0 Å². The monoisotopic (exact) mass is 266 g/mol. The lowest BCUT2D eigenvalue weighted by Gasteiger charge is -2.08. The van der Waals surface area contributed by atoms with Gasteiger partial charge in [-0.15, -0.1) is 0 Å². The van der Waals surface area contributed by atoms with Gasteiger partial charge in [0.2, 0.25) is 0 Å². The van der Waals surface area contributed by atoms with Gasteiger partial charge < -0.3 is 0 Å². The number of carbonyl (C=O) groups excluding carboxylic acids is 1. The molecule has 0 unspecified atom stereocenters. The molecule has 0 heterocycles. The van der Waals surface area contributed by atoms with Crippen LogP contribution in [0.25, 0.3) is 0 Å². The van der Waals surface area contributed by atoms with Gasteiger partial charge in [-0.05, 0) is 43.5 Å². The van der Waals surface area contributed by atoms with Crippen molar-refractivity contribution in [3.63, 3.8) is 0 Å². The Morgan fingerprint density at radius 1 is 1.06 bits per heavy atom. The SMILES string of the molecule is CCCCCCCC(=O)c1cc(C)c(Cl)cc1C. The number of hydrogen-bond acceptors (Lipinski definition) is 1. The Hall–Kier alpha value is -0.820. The van der Waals surface area contributed by atoms with E-state index in [-0.39, 0.29) is 5.78 Å². The van der Waals surface area contributed by atoms with E-state index < -0.39 is 0 Å². The molecule has 0 spiro atoms. The molecule has 0 aliphatic carbocycles. The summed E-state index contributed by atoms with van der Waals surface area (Å²) >= 11 is 6.04. The third kappa shape index (κ3) is 4.45. The molecule has 0 radical (unpaired) electrons. The summed E-state index contributed by atoms with van der Waals surface area (Å²) in [5.41, 5.74) is 2.81. The Morgan fingerprint density at radius 3 is 2.39 bits per heavy atom. The Labute approximate surface area is 116 Å². The van der Waals surface area contributed by atoms with Crippen molar-refractivity contribution in [2.45, 2.75) is 59.3 Å². The summed E-state index contributed by atoms with van der Waals surface area (Å²) in [4.78, 5) is 12.1. The molecule has 0 saturated carbocycles. The first-order chi connectivity index (χ1) is 8.56. The Bertz CT molecular complexity index is 410. The zero-order valence-electron chi connectivity index (χ0n) is 11.7. The van der Waals surface area contributed by atoms with Crippen molar-refractivity contribution in [3.05, 3.63) is 33.8 Å². The molecular weight excluding hydrogens is 244 g/mol. The normalized spacial score (nSPS) is 10.7. The molecule has 0 fully saturated rings. The summed E-state index contributed by atoms with van der Waals surface area (Å²) in [6, 6.07) is 3.81. The van der Waals surface area contributed by atoms with Crippen molar-refractivity contribution in [1.82, 2.24) is 0 Å². The van der Waals surface area contributed by atoms with Gasteiger partial charge in [0.05, 0.1) is 0 Å². The van der Waals surface area contributed by atoms with Crippen LogP contribution >= 0.6 is 11.6 Å². The fourth-order valence-electron chi connectivity index (χ4n) is 2.11. The van der Waals surface area contributed by atoms with Gasteiger partial charge in [-0.1, -0.05) is 44.2 Å². The number of Topliss-reactive ketones (excluding diaryl/α,β-unsaturated/α-hetero) is 1. The molecule has 1 aromatic rings. The number of aryl methyl sites for hydroxylation is 2. The molecule has 0 aliphatic heterocycles. The standard InChI is InChI=1S/C16H23ClO/c1-4-5-6-7-8-9-16(18)14-10-13(3)15(17)11-12(14)2/h10-11H,4-9H2,1-3H3. The van der Waals surface area contributed by atoms with Crippen LogP contribution in [0.1, 0.15) is 66.9 Å². The molecule has 0 amide bonds. The molecular formula is C16H23ClO. The first-order valence-electron chi connectivity index (χ1n) is 6.86. The van der Waals surface area contributed by atoms with Crippen molar-refractivity contribution < 1.29 is 4.79 Å². The summed E-state index contributed by atoms with van der Waals surface area (Å²) in [7, 11) is 0. The predicted octanol–water partition coefficient (Wildman–Crippen LogP) is 5.50. The second kappa shape index (κ2) is 7.58. The van der Waals surface area contributed by atoms with Crippen LogP contribution < -0.4 is 0 Å². The number of ketones is 1. The van der Waals surface area contributed by atoms with Gasteiger partial charge in [-0.25, -0.2) is 0 Å². The van der Waals surface area contributed by atoms with Gasteiger partial charge in [-0.2, -0.15) is 0 Å². The average molecular weight is 267 g/mol. The van der Waals surface area contributed by atoms with E-state index in [1.165, 1.54) is 19.3 Å². The van der Waals surface area contributed by atoms with Crippen LogP contribution in [0.15, 0.2) is 12.1 Å². The topological polar surface area (TPSA) is 17.1 Å². The molecule has 0 atom stereocenters. The van der Waals surface area contributed by atoms with Crippen molar-refractivity contribution in [2.24, 2.45) is 0 Å². The Kier molecular flexibility index (Phi) is 6.42. The molecule has 1 aromatic carbocycles. The lowest BCUT2D eigenvalue weighted by molar-refractivity contribution is 0.0978. The van der Waals surface area contributed by atoms with E-state index in [0.29, 0.717) is 6.42 Å². The van der Waals surface area contributed by atoms with Crippen molar-refractivity contribution in [2.75, 3.05) is 0 Å². The maximum absolute atomic E-state index is 12.1. The van der Waals surface area contributed by atoms with Crippen LogP contribution in [0.5, 0.6) is 0 Å².